The fraction of sp³-hybridized carbons (Fsp3) is 0.300. The highest BCUT2D eigenvalue weighted by molar-refractivity contribution is 8.00. The second kappa shape index (κ2) is 6.86. The molecular formula is C10H10ClN5O3S3. The zero-order chi connectivity index (χ0) is 16.3. The number of rotatable bonds is 5. The predicted molar refractivity (Wildman–Crippen MR) is 84.4 cm³/mol. The molecule has 0 aliphatic heterocycles. The highest BCUT2D eigenvalue weighted by Gasteiger charge is 2.21. The molecule has 0 aliphatic carbocycles. The third-order valence-corrected chi connectivity index (χ3v) is 6.00. The van der Waals surface area contributed by atoms with Gasteiger partial charge in [0.15, 0.2) is 10.0 Å². The summed E-state index contributed by atoms with van der Waals surface area (Å²) in [4.78, 5) is 19.5. The number of halogens is 1. The van der Waals surface area contributed by atoms with E-state index in [-0.39, 0.29) is 21.6 Å². The Morgan fingerprint density at radius 1 is 1.45 bits per heavy atom. The van der Waals surface area contributed by atoms with Gasteiger partial charge in [0, 0.05) is 0 Å². The molecule has 2 aromatic heterocycles. The van der Waals surface area contributed by atoms with Crippen LogP contribution < -0.4 is 5.32 Å². The largest absolute Gasteiger partial charge is 0.295 e. The Morgan fingerprint density at radius 2 is 2.18 bits per heavy atom. The van der Waals surface area contributed by atoms with Crippen LogP contribution in [0.2, 0.25) is 5.02 Å². The minimum Gasteiger partial charge on any atom is -0.295 e. The van der Waals surface area contributed by atoms with Gasteiger partial charge in [0.1, 0.15) is 0 Å². The fourth-order valence-electron chi connectivity index (χ4n) is 1.29. The average molecular weight is 380 g/mol. The van der Waals surface area contributed by atoms with Gasteiger partial charge in [-0.25, -0.2) is 18.4 Å². The Hall–Kier alpha value is -1.30. The van der Waals surface area contributed by atoms with Crippen molar-refractivity contribution in [1.82, 2.24) is 20.2 Å². The van der Waals surface area contributed by atoms with E-state index >= 15 is 0 Å². The summed E-state index contributed by atoms with van der Waals surface area (Å²) in [5, 5.41) is 9.86. The van der Waals surface area contributed by atoms with E-state index in [1.807, 2.05) is 6.26 Å². The van der Waals surface area contributed by atoms with E-state index in [9.17, 15) is 13.2 Å². The molecule has 0 spiro atoms. The van der Waals surface area contributed by atoms with Crippen molar-refractivity contribution in [2.24, 2.45) is 0 Å². The molecule has 2 rings (SSSR count). The van der Waals surface area contributed by atoms with Crippen molar-refractivity contribution < 1.29 is 13.2 Å². The van der Waals surface area contributed by atoms with Gasteiger partial charge in [-0.2, -0.15) is 0 Å². The molecule has 22 heavy (non-hydrogen) atoms. The molecule has 1 N–H and O–H groups in total. The lowest BCUT2D eigenvalue weighted by atomic mass is 10.4. The maximum Gasteiger partial charge on any atom is 0.277 e. The SMILES string of the molecule is CCS(=O)(=O)c1ncc(Cl)c(C(=O)Nc2nnc(SC)s2)n1. The number of carbonyl (C=O) groups is 1. The van der Waals surface area contributed by atoms with Gasteiger partial charge in [-0.3, -0.25) is 10.1 Å². The van der Waals surface area contributed by atoms with Crippen molar-refractivity contribution in [3.05, 3.63) is 16.9 Å². The van der Waals surface area contributed by atoms with E-state index in [2.05, 4.69) is 25.5 Å². The summed E-state index contributed by atoms with van der Waals surface area (Å²) < 4.78 is 24.2. The molecule has 0 radical (unpaired) electrons. The number of sulfone groups is 1. The summed E-state index contributed by atoms with van der Waals surface area (Å²) in [6.45, 7) is 1.46. The van der Waals surface area contributed by atoms with Crippen molar-refractivity contribution in [3.8, 4) is 0 Å². The van der Waals surface area contributed by atoms with Crippen LogP contribution >= 0.6 is 34.7 Å². The number of nitrogens with zero attached hydrogens (tertiary/aromatic N) is 4. The van der Waals surface area contributed by atoms with Crippen molar-refractivity contribution in [2.45, 2.75) is 16.4 Å². The van der Waals surface area contributed by atoms with Crippen LogP contribution in [0.5, 0.6) is 0 Å². The minimum absolute atomic E-state index is 0.0536. The van der Waals surface area contributed by atoms with E-state index in [1.165, 1.54) is 30.0 Å². The maximum atomic E-state index is 12.2. The molecule has 0 saturated heterocycles. The number of amides is 1. The zero-order valence-electron chi connectivity index (χ0n) is 11.4. The molecule has 1 amide bonds. The molecule has 0 fully saturated rings. The van der Waals surface area contributed by atoms with Crippen molar-refractivity contribution >= 4 is 55.6 Å². The van der Waals surface area contributed by atoms with Crippen molar-refractivity contribution in [3.63, 3.8) is 0 Å². The van der Waals surface area contributed by atoms with E-state index in [0.717, 1.165) is 6.20 Å². The second-order valence-corrected chi connectivity index (χ2v) is 8.39. The molecule has 0 bridgehead atoms. The summed E-state index contributed by atoms with van der Waals surface area (Å²) >= 11 is 8.43. The van der Waals surface area contributed by atoms with Crippen LogP contribution in [0.1, 0.15) is 17.4 Å². The molecule has 12 heteroatoms. The summed E-state index contributed by atoms with van der Waals surface area (Å²) in [5.41, 5.74) is -0.232. The van der Waals surface area contributed by atoms with Crippen LogP contribution in [-0.4, -0.2) is 46.5 Å². The zero-order valence-corrected chi connectivity index (χ0v) is 14.6. The maximum absolute atomic E-state index is 12.2. The lowest BCUT2D eigenvalue weighted by Gasteiger charge is -2.05. The van der Waals surface area contributed by atoms with Gasteiger partial charge in [-0.15, -0.1) is 10.2 Å². The Balaban J connectivity index is 2.31. The third kappa shape index (κ3) is 3.72. The van der Waals surface area contributed by atoms with Gasteiger partial charge in [0.2, 0.25) is 20.1 Å². The van der Waals surface area contributed by atoms with Crippen LogP contribution in [0.15, 0.2) is 15.7 Å². The predicted octanol–water partition coefficient (Wildman–Crippen LogP) is 1.75. The van der Waals surface area contributed by atoms with Gasteiger partial charge < -0.3 is 0 Å². The van der Waals surface area contributed by atoms with Gasteiger partial charge >= 0.3 is 0 Å². The van der Waals surface area contributed by atoms with Crippen molar-refractivity contribution in [2.75, 3.05) is 17.3 Å². The molecule has 118 valence electrons. The average Bonchev–Trinajstić information content (AvgIpc) is 2.95. The molecule has 0 aliphatic rings. The Bertz CT molecular complexity index is 808. The highest BCUT2D eigenvalue weighted by atomic mass is 35.5. The number of hydrogen-bond donors (Lipinski definition) is 1. The monoisotopic (exact) mass is 379 g/mol. The minimum atomic E-state index is -3.63. The summed E-state index contributed by atoms with van der Waals surface area (Å²) in [6, 6.07) is 0. The van der Waals surface area contributed by atoms with Gasteiger partial charge in [-0.1, -0.05) is 41.6 Å². The number of carbonyl (C=O) groups excluding carboxylic acids is 1. The third-order valence-electron chi connectivity index (χ3n) is 2.40. The van der Waals surface area contributed by atoms with Crippen LogP contribution in [0, 0.1) is 0 Å². The van der Waals surface area contributed by atoms with Crippen LogP contribution in [-0.2, 0) is 9.84 Å². The van der Waals surface area contributed by atoms with Crippen LogP contribution in [0.4, 0.5) is 5.13 Å². The first-order valence-corrected chi connectivity index (χ1v) is 9.88. The standard InChI is InChI=1S/C10H10ClN5O3S3/c1-3-22(18,19)9-12-4-5(11)6(13-9)7(17)14-8-15-16-10(20-2)21-8/h4H,3H2,1-2H3,(H,14,15,17). The summed E-state index contributed by atoms with van der Waals surface area (Å²) in [5.74, 6) is -0.854. The van der Waals surface area contributed by atoms with Crippen LogP contribution in [0.3, 0.4) is 0 Å². The van der Waals surface area contributed by atoms with Gasteiger partial charge in [0.25, 0.3) is 5.91 Å². The smallest absolute Gasteiger partial charge is 0.277 e. The molecule has 0 unspecified atom stereocenters. The van der Waals surface area contributed by atoms with Gasteiger partial charge in [0.05, 0.1) is 17.0 Å². The first kappa shape index (κ1) is 17.1. The fourth-order valence-corrected chi connectivity index (χ4v) is 3.33. The number of aromatic nitrogens is 4. The Labute approximate surface area is 139 Å². The van der Waals surface area contributed by atoms with E-state index in [4.69, 9.17) is 11.6 Å². The summed E-state index contributed by atoms with van der Waals surface area (Å²) in [7, 11) is -3.63. The molecule has 2 aromatic rings. The Kier molecular flexibility index (Phi) is 5.32. The van der Waals surface area contributed by atoms with E-state index in [1.54, 1.807) is 0 Å². The van der Waals surface area contributed by atoms with Gasteiger partial charge in [-0.05, 0) is 6.26 Å². The second-order valence-electron chi connectivity index (χ2n) is 3.78. The lowest BCUT2D eigenvalue weighted by molar-refractivity contribution is 0.102. The highest BCUT2D eigenvalue weighted by Crippen LogP contribution is 2.24. The first-order valence-electron chi connectivity index (χ1n) is 5.81. The number of hydrogen-bond acceptors (Lipinski definition) is 9. The molecule has 0 saturated carbocycles. The molecule has 2 heterocycles. The summed E-state index contributed by atoms with van der Waals surface area (Å²) in [6.07, 6.45) is 2.91. The van der Waals surface area contributed by atoms with E-state index < -0.39 is 20.9 Å². The number of thioether (sulfide) groups is 1. The Morgan fingerprint density at radius 3 is 2.77 bits per heavy atom. The number of anilines is 1. The molecule has 0 atom stereocenters. The first-order chi connectivity index (χ1) is 10.4. The number of nitrogens with one attached hydrogen (secondary N) is 1. The van der Waals surface area contributed by atoms with Crippen LogP contribution in [0.25, 0.3) is 0 Å². The lowest BCUT2D eigenvalue weighted by Crippen LogP contribution is -2.18. The quantitative estimate of drug-likeness (QED) is 0.474. The molecule has 0 aromatic carbocycles. The molecule has 8 nitrogen and oxygen atoms in total. The topological polar surface area (TPSA) is 115 Å². The van der Waals surface area contributed by atoms with E-state index in [0.29, 0.717) is 4.34 Å². The molecular weight excluding hydrogens is 370 g/mol. The normalized spacial score (nSPS) is 11.4. The van der Waals surface area contributed by atoms with Crippen molar-refractivity contribution in [1.29, 1.82) is 0 Å².